The summed E-state index contributed by atoms with van der Waals surface area (Å²) in [5.74, 6) is 0.787. The van der Waals surface area contributed by atoms with E-state index in [2.05, 4.69) is 49.4 Å². The zero-order chi connectivity index (χ0) is 13.5. The highest BCUT2D eigenvalue weighted by Gasteiger charge is 2.08. The Balaban J connectivity index is 2.09. The summed E-state index contributed by atoms with van der Waals surface area (Å²) in [7, 11) is 0. The van der Waals surface area contributed by atoms with Crippen molar-refractivity contribution in [2.45, 2.75) is 39.0 Å². The number of rotatable bonds is 7. The molecule has 0 aliphatic heterocycles. The van der Waals surface area contributed by atoms with Crippen molar-refractivity contribution in [3.05, 3.63) is 48.0 Å². The van der Waals surface area contributed by atoms with E-state index in [1.165, 1.54) is 42.0 Å². The lowest BCUT2D eigenvalue weighted by Gasteiger charge is -2.16. The topological polar surface area (TPSA) is 26.0 Å². The van der Waals surface area contributed by atoms with Gasteiger partial charge in [-0.2, -0.15) is 0 Å². The average molecular weight is 255 g/mol. The molecule has 1 nitrogen and oxygen atoms in total. The lowest BCUT2D eigenvalue weighted by molar-refractivity contribution is 0.432. The van der Waals surface area contributed by atoms with Gasteiger partial charge in [-0.05, 0) is 48.1 Å². The van der Waals surface area contributed by atoms with Crippen LogP contribution >= 0.6 is 0 Å². The smallest absolute Gasteiger partial charge is 0.00772 e. The number of hydrogen-bond acceptors (Lipinski definition) is 1. The second-order valence-corrected chi connectivity index (χ2v) is 5.47. The summed E-state index contributed by atoms with van der Waals surface area (Å²) < 4.78 is 0. The van der Waals surface area contributed by atoms with Crippen LogP contribution in [0, 0.1) is 5.92 Å². The van der Waals surface area contributed by atoms with Crippen molar-refractivity contribution < 1.29 is 0 Å². The van der Waals surface area contributed by atoms with Crippen LogP contribution in [0.25, 0.3) is 10.8 Å². The quantitative estimate of drug-likeness (QED) is 0.772. The molecule has 1 atom stereocenters. The van der Waals surface area contributed by atoms with Gasteiger partial charge in [-0.3, -0.25) is 0 Å². The van der Waals surface area contributed by atoms with E-state index in [9.17, 15) is 0 Å². The van der Waals surface area contributed by atoms with Crippen LogP contribution in [0.2, 0.25) is 0 Å². The Morgan fingerprint density at radius 1 is 1.00 bits per heavy atom. The van der Waals surface area contributed by atoms with Crippen molar-refractivity contribution in [1.29, 1.82) is 0 Å². The van der Waals surface area contributed by atoms with Gasteiger partial charge in [-0.15, -0.1) is 0 Å². The van der Waals surface area contributed by atoms with Crippen LogP contribution in [0.5, 0.6) is 0 Å². The van der Waals surface area contributed by atoms with Crippen LogP contribution in [-0.2, 0) is 6.42 Å². The fraction of sp³-hybridized carbons (Fsp3) is 0.444. The van der Waals surface area contributed by atoms with Gasteiger partial charge in [0.1, 0.15) is 0 Å². The molecule has 0 radical (unpaired) electrons. The Morgan fingerprint density at radius 2 is 1.79 bits per heavy atom. The second-order valence-electron chi connectivity index (χ2n) is 5.47. The summed E-state index contributed by atoms with van der Waals surface area (Å²) in [6.07, 6.45) is 6.18. The SMILES string of the molecule is CCCC(CCCN)Cc1ccc2ccccc2c1. The van der Waals surface area contributed by atoms with Crippen LogP contribution in [-0.4, -0.2) is 6.54 Å². The van der Waals surface area contributed by atoms with Gasteiger partial charge >= 0.3 is 0 Å². The van der Waals surface area contributed by atoms with Gasteiger partial charge in [0.05, 0.1) is 0 Å². The standard InChI is InChI=1S/C18H25N/c1-2-6-15(7-5-12-19)13-16-10-11-17-8-3-4-9-18(17)14-16/h3-4,8-11,14-15H,2,5-7,12-13,19H2,1H3. The van der Waals surface area contributed by atoms with Gasteiger partial charge in [0.2, 0.25) is 0 Å². The van der Waals surface area contributed by atoms with Gasteiger partial charge in [0.25, 0.3) is 0 Å². The predicted octanol–water partition coefficient (Wildman–Crippen LogP) is 4.54. The highest BCUT2D eigenvalue weighted by Crippen LogP contribution is 2.22. The summed E-state index contributed by atoms with van der Waals surface area (Å²) in [5.41, 5.74) is 7.11. The van der Waals surface area contributed by atoms with Gasteiger partial charge in [0, 0.05) is 0 Å². The third kappa shape index (κ3) is 4.07. The molecule has 0 amide bonds. The second kappa shape index (κ2) is 7.30. The Bertz CT molecular complexity index is 504. The Kier molecular flexibility index (Phi) is 5.41. The third-order valence-corrected chi connectivity index (χ3v) is 3.85. The number of hydrogen-bond donors (Lipinski definition) is 1. The number of benzene rings is 2. The summed E-state index contributed by atoms with van der Waals surface area (Å²) in [5, 5.41) is 2.69. The molecule has 0 bridgehead atoms. The third-order valence-electron chi connectivity index (χ3n) is 3.85. The van der Waals surface area contributed by atoms with Crippen molar-refractivity contribution in [3.8, 4) is 0 Å². The molecule has 0 aliphatic carbocycles. The molecule has 0 spiro atoms. The van der Waals surface area contributed by atoms with Crippen molar-refractivity contribution in [1.82, 2.24) is 0 Å². The van der Waals surface area contributed by atoms with Crippen LogP contribution in [0.15, 0.2) is 42.5 Å². The van der Waals surface area contributed by atoms with E-state index in [4.69, 9.17) is 5.73 Å². The van der Waals surface area contributed by atoms with E-state index in [1.54, 1.807) is 0 Å². The fourth-order valence-corrected chi connectivity index (χ4v) is 2.86. The average Bonchev–Trinajstić information content (AvgIpc) is 2.45. The molecule has 2 N–H and O–H groups in total. The van der Waals surface area contributed by atoms with E-state index >= 15 is 0 Å². The van der Waals surface area contributed by atoms with Crippen LogP contribution < -0.4 is 5.73 Å². The molecule has 0 aliphatic rings. The molecule has 2 aromatic carbocycles. The Labute approximate surface area is 116 Å². The molecule has 102 valence electrons. The minimum Gasteiger partial charge on any atom is -0.330 e. The van der Waals surface area contributed by atoms with E-state index in [1.807, 2.05) is 0 Å². The Hall–Kier alpha value is -1.34. The first-order valence-corrected chi connectivity index (χ1v) is 7.51. The molecular weight excluding hydrogens is 230 g/mol. The maximum atomic E-state index is 5.64. The van der Waals surface area contributed by atoms with Crippen molar-refractivity contribution in [2.75, 3.05) is 6.54 Å². The van der Waals surface area contributed by atoms with Gasteiger partial charge in [-0.1, -0.05) is 62.2 Å². The Morgan fingerprint density at radius 3 is 2.53 bits per heavy atom. The molecule has 0 aromatic heterocycles. The van der Waals surface area contributed by atoms with Gasteiger partial charge in [-0.25, -0.2) is 0 Å². The molecule has 0 fully saturated rings. The number of nitrogens with two attached hydrogens (primary N) is 1. The molecular formula is C18H25N. The fourth-order valence-electron chi connectivity index (χ4n) is 2.86. The van der Waals surface area contributed by atoms with Crippen molar-refractivity contribution >= 4 is 10.8 Å². The van der Waals surface area contributed by atoms with E-state index in [0.717, 1.165) is 18.9 Å². The van der Waals surface area contributed by atoms with E-state index < -0.39 is 0 Å². The predicted molar refractivity (Wildman–Crippen MR) is 84.3 cm³/mol. The number of fused-ring (bicyclic) bond motifs is 1. The highest BCUT2D eigenvalue weighted by molar-refractivity contribution is 5.82. The summed E-state index contributed by atoms with van der Waals surface area (Å²) in [6.45, 7) is 3.09. The minimum atomic E-state index is 0.787. The zero-order valence-corrected chi connectivity index (χ0v) is 11.9. The molecule has 1 unspecified atom stereocenters. The van der Waals surface area contributed by atoms with Crippen molar-refractivity contribution in [3.63, 3.8) is 0 Å². The minimum absolute atomic E-state index is 0.787. The highest BCUT2D eigenvalue weighted by atomic mass is 14.5. The first-order valence-electron chi connectivity index (χ1n) is 7.51. The largest absolute Gasteiger partial charge is 0.330 e. The maximum Gasteiger partial charge on any atom is -0.00772 e. The van der Waals surface area contributed by atoms with Crippen LogP contribution in [0.3, 0.4) is 0 Å². The van der Waals surface area contributed by atoms with Crippen molar-refractivity contribution in [2.24, 2.45) is 11.7 Å². The lowest BCUT2D eigenvalue weighted by Crippen LogP contribution is -2.08. The van der Waals surface area contributed by atoms with Crippen LogP contribution in [0.1, 0.15) is 38.2 Å². The normalized spacial score (nSPS) is 12.7. The van der Waals surface area contributed by atoms with E-state index in [-0.39, 0.29) is 0 Å². The first-order chi connectivity index (χ1) is 9.33. The molecule has 19 heavy (non-hydrogen) atoms. The monoisotopic (exact) mass is 255 g/mol. The summed E-state index contributed by atoms with van der Waals surface area (Å²) in [6, 6.07) is 15.5. The molecule has 0 heterocycles. The van der Waals surface area contributed by atoms with Crippen LogP contribution in [0.4, 0.5) is 0 Å². The zero-order valence-electron chi connectivity index (χ0n) is 11.9. The molecule has 2 aromatic rings. The van der Waals surface area contributed by atoms with Gasteiger partial charge in [0.15, 0.2) is 0 Å². The summed E-state index contributed by atoms with van der Waals surface area (Å²) >= 11 is 0. The molecule has 1 heteroatoms. The maximum absolute atomic E-state index is 5.64. The lowest BCUT2D eigenvalue weighted by atomic mass is 9.90. The molecule has 0 saturated heterocycles. The van der Waals surface area contributed by atoms with E-state index in [0.29, 0.717) is 0 Å². The molecule has 0 saturated carbocycles. The summed E-state index contributed by atoms with van der Waals surface area (Å²) in [4.78, 5) is 0. The first kappa shape index (κ1) is 14.1. The van der Waals surface area contributed by atoms with Gasteiger partial charge < -0.3 is 5.73 Å². The molecule has 2 rings (SSSR count).